The van der Waals surface area contributed by atoms with E-state index in [0.717, 1.165) is 23.1 Å². The molecule has 246 valence electrons. The van der Waals surface area contributed by atoms with Crippen molar-refractivity contribution in [1.82, 2.24) is 15.0 Å². The smallest absolute Gasteiger partial charge is 0.164 e. The van der Waals surface area contributed by atoms with Crippen LogP contribution in [0.2, 0.25) is 0 Å². The van der Waals surface area contributed by atoms with Crippen LogP contribution < -0.4 is 0 Å². The highest BCUT2D eigenvalue weighted by molar-refractivity contribution is 5.90. The lowest BCUT2D eigenvalue weighted by Gasteiger charge is -2.21. The van der Waals surface area contributed by atoms with Crippen molar-refractivity contribution in [2.45, 2.75) is 25.7 Å². The standard InChI is InChI=1S/C49H35N3/c1-49(2)44-25-10-9-20-39(44)40-27-26-35(29-45(40)49)47-50-46(32-16-7-4-8-17-32)51-48(52-47)41-24-13-23-38-37-22-12-21-36(42(37)30-43(38)41)34-19-11-18-33(28-34)31-14-5-3-6-15-31/h3-29H,30H2,1-2H3. The van der Waals surface area contributed by atoms with Crippen molar-refractivity contribution < 1.29 is 0 Å². The molecule has 52 heavy (non-hydrogen) atoms. The molecule has 7 aromatic carbocycles. The van der Waals surface area contributed by atoms with Crippen molar-refractivity contribution in [2.24, 2.45) is 0 Å². The maximum atomic E-state index is 5.27. The van der Waals surface area contributed by atoms with Gasteiger partial charge in [0.2, 0.25) is 0 Å². The number of hydrogen-bond donors (Lipinski definition) is 0. The Morgan fingerprint density at radius 1 is 0.346 bits per heavy atom. The number of nitrogens with zero attached hydrogens (tertiary/aromatic N) is 3. The van der Waals surface area contributed by atoms with Crippen molar-refractivity contribution in [3.63, 3.8) is 0 Å². The summed E-state index contributed by atoms with van der Waals surface area (Å²) < 4.78 is 0. The van der Waals surface area contributed by atoms with E-state index in [-0.39, 0.29) is 5.41 Å². The number of aromatic nitrogens is 3. The van der Waals surface area contributed by atoms with Gasteiger partial charge in [0.1, 0.15) is 0 Å². The normalized spacial score (nSPS) is 13.3. The molecule has 1 aromatic heterocycles. The van der Waals surface area contributed by atoms with Crippen LogP contribution in [0, 0.1) is 0 Å². The zero-order chi connectivity index (χ0) is 34.8. The Morgan fingerprint density at radius 2 is 0.865 bits per heavy atom. The first-order valence-electron chi connectivity index (χ1n) is 18.0. The van der Waals surface area contributed by atoms with E-state index < -0.39 is 0 Å². The highest BCUT2D eigenvalue weighted by atomic mass is 15.0. The fourth-order valence-electron chi connectivity index (χ4n) is 8.40. The summed E-state index contributed by atoms with van der Waals surface area (Å²) in [5, 5.41) is 0. The molecule has 0 unspecified atom stereocenters. The van der Waals surface area contributed by atoms with Gasteiger partial charge in [-0.05, 0) is 78.9 Å². The summed E-state index contributed by atoms with van der Waals surface area (Å²) in [5.74, 6) is 2.06. The van der Waals surface area contributed by atoms with Gasteiger partial charge >= 0.3 is 0 Å². The highest BCUT2D eigenvalue weighted by Crippen LogP contribution is 2.50. The van der Waals surface area contributed by atoms with E-state index in [1.165, 1.54) is 66.8 Å². The SMILES string of the molecule is CC1(C)c2ccccc2-c2ccc(-c3nc(-c4ccccc4)nc(-c4cccc5c4Cc4c(-c6cccc(-c7ccccc7)c6)cccc4-5)n3)cc21. The van der Waals surface area contributed by atoms with Gasteiger partial charge in [-0.2, -0.15) is 0 Å². The molecular weight excluding hydrogens is 631 g/mol. The van der Waals surface area contributed by atoms with Gasteiger partial charge in [0.25, 0.3) is 0 Å². The number of benzene rings is 7. The molecule has 1 heterocycles. The summed E-state index contributed by atoms with van der Waals surface area (Å²) in [6, 6.07) is 58.5. The average Bonchev–Trinajstić information content (AvgIpc) is 3.70. The predicted octanol–water partition coefficient (Wildman–Crippen LogP) is 12.1. The molecule has 10 rings (SSSR count). The van der Waals surface area contributed by atoms with Crippen molar-refractivity contribution in [3.8, 4) is 78.7 Å². The summed E-state index contributed by atoms with van der Waals surface area (Å²) in [4.78, 5) is 15.6. The van der Waals surface area contributed by atoms with Crippen LogP contribution in [0.15, 0.2) is 164 Å². The predicted molar refractivity (Wildman–Crippen MR) is 213 cm³/mol. The summed E-state index contributed by atoms with van der Waals surface area (Å²) in [6.45, 7) is 4.62. The zero-order valence-electron chi connectivity index (χ0n) is 29.1. The molecular formula is C49H35N3. The Kier molecular flexibility index (Phi) is 6.91. The summed E-state index contributed by atoms with van der Waals surface area (Å²) in [6.07, 6.45) is 0.805. The van der Waals surface area contributed by atoms with Gasteiger partial charge < -0.3 is 0 Å². The van der Waals surface area contributed by atoms with E-state index in [1.807, 2.05) is 18.2 Å². The van der Waals surface area contributed by atoms with Crippen LogP contribution in [-0.4, -0.2) is 15.0 Å². The Labute approximate surface area is 304 Å². The van der Waals surface area contributed by atoms with E-state index in [1.54, 1.807) is 0 Å². The third-order valence-electron chi connectivity index (χ3n) is 11.0. The number of hydrogen-bond acceptors (Lipinski definition) is 3. The monoisotopic (exact) mass is 665 g/mol. The maximum Gasteiger partial charge on any atom is 0.164 e. The van der Waals surface area contributed by atoms with Gasteiger partial charge in [0.15, 0.2) is 17.5 Å². The first kappa shape index (κ1) is 30.4. The first-order valence-corrected chi connectivity index (χ1v) is 18.0. The van der Waals surface area contributed by atoms with Crippen LogP contribution in [-0.2, 0) is 11.8 Å². The molecule has 8 aromatic rings. The first-order chi connectivity index (χ1) is 25.5. The van der Waals surface area contributed by atoms with Crippen LogP contribution in [0.1, 0.15) is 36.1 Å². The third kappa shape index (κ3) is 4.85. The molecule has 0 N–H and O–H groups in total. The van der Waals surface area contributed by atoms with E-state index >= 15 is 0 Å². The largest absolute Gasteiger partial charge is 0.208 e. The summed E-state index contributed by atoms with van der Waals surface area (Å²) in [7, 11) is 0. The topological polar surface area (TPSA) is 38.7 Å². The number of rotatable bonds is 5. The Bertz CT molecular complexity index is 2670. The van der Waals surface area contributed by atoms with Gasteiger partial charge in [0.05, 0.1) is 0 Å². The molecule has 0 spiro atoms. The second kappa shape index (κ2) is 11.8. The molecule has 0 amide bonds. The Morgan fingerprint density at radius 3 is 1.63 bits per heavy atom. The van der Waals surface area contributed by atoms with Crippen LogP contribution in [0.3, 0.4) is 0 Å². The number of fused-ring (bicyclic) bond motifs is 6. The molecule has 2 aliphatic carbocycles. The lowest BCUT2D eigenvalue weighted by Crippen LogP contribution is -2.15. The minimum atomic E-state index is -0.121. The van der Waals surface area contributed by atoms with Crippen LogP contribution in [0.4, 0.5) is 0 Å². The van der Waals surface area contributed by atoms with E-state index in [2.05, 4.69) is 159 Å². The Hall–Kier alpha value is -6.45. The molecule has 0 fully saturated rings. The molecule has 0 saturated heterocycles. The van der Waals surface area contributed by atoms with E-state index in [4.69, 9.17) is 15.0 Å². The van der Waals surface area contributed by atoms with Crippen molar-refractivity contribution in [2.75, 3.05) is 0 Å². The van der Waals surface area contributed by atoms with Crippen LogP contribution in [0.25, 0.3) is 78.7 Å². The van der Waals surface area contributed by atoms with Crippen LogP contribution in [0.5, 0.6) is 0 Å². The van der Waals surface area contributed by atoms with E-state index in [9.17, 15) is 0 Å². The van der Waals surface area contributed by atoms with Gasteiger partial charge in [0, 0.05) is 28.5 Å². The second-order valence-corrected chi connectivity index (χ2v) is 14.4. The third-order valence-corrected chi connectivity index (χ3v) is 11.0. The van der Waals surface area contributed by atoms with Gasteiger partial charge in [-0.25, -0.2) is 15.0 Å². The van der Waals surface area contributed by atoms with Gasteiger partial charge in [-0.15, -0.1) is 0 Å². The Balaban J connectivity index is 1.10. The molecule has 0 saturated carbocycles. The molecule has 2 aliphatic rings. The molecule has 0 radical (unpaired) electrons. The summed E-state index contributed by atoms with van der Waals surface area (Å²) >= 11 is 0. The molecule has 0 atom stereocenters. The van der Waals surface area contributed by atoms with Gasteiger partial charge in [-0.1, -0.05) is 166 Å². The quantitative estimate of drug-likeness (QED) is 0.184. The zero-order valence-corrected chi connectivity index (χ0v) is 29.1. The lowest BCUT2D eigenvalue weighted by molar-refractivity contribution is 0.660. The van der Waals surface area contributed by atoms with Crippen molar-refractivity contribution in [3.05, 3.63) is 186 Å². The fraction of sp³-hybridized carbons (Fsp3) is 0.0816. The minimum Gasteiger partial charge on any atom is -0.208 e. The van der Waals surface area contributed by atoms with Gasteiger partial charge in [-0.3, -0.25) is 0 Å². The lowest BCUT2D eigenvalue weighted by atomic mass is 9.82. The fourth-order valence-corrected chi connectivity index (χ4v) is 8.40. The highest BCUT2D eigenvalue weighted by Gasteiger charge is 2.35. The van der Waals surface area contributed by atoms with Crippen LogP contribution >= 0.6 is 0 Å². The molecule has 3 heteroatoms. The molecule has 0 bridgehead atoms. The van der Waals surface area contributed by atoms with Crippen molar-refractivity contribution in [1.29, 1.82) is 0 Å². The maximum absolute atomic E-state index is 5.27. The molecule has 0 aliphatic heterocycles. The van der Waals surface area contributed by atoms with Crippen molar-refractivity contribution >= 4 is 0 Å². The summed E-state index contributed by atoms with van der Waals surface area (Å²) in [5.41, 5.74) is 18.2. The minimum absolute atomic E-state index is 0.121. The molecule has 3 nitrogen and oxygen atoms in total. The second-order valence-electron chi connectivity index (χ2n) is 14.4. The average molecular weight is 666 g/mol. The van der Waals surface area contributed by atoms with E-state index in [0.29, 0.717) is 17.5 Å².